The van der Waals surface area contributed by atoms with E-state index >= 15 is 0 Å². The van der Waals surface area contributed by atoms with Crippen LogP contribution in [-0.2, 0) is 10.1 Å². The minimum atomic E-state index is -8.90. The largest absolute Gasteiger partial charge is 0.486 e. The van der Waals surface area contributed by atoms with Crippen LogP contribution in [0.15, 0.2) is 41.3 Å². The molecule has 2 aromatic rings. The summed E-state index contributed by atoms with van der Waals surface area (Å²) in [7, 11) is -11.4. The van der Waals surface area contributed by atoms with Crippen LogP contribution >= 0.6 is 10.3 Å². The predicted molar refractivity (Wildman–Crippen MR) is 128 cm³/mol. The first kappa shape index (κ1) is 39.0. The van der Waals surface area contributed by atoms with Gasteiger partial charge in [0.15, 0.2) is 0 Å². The molecule has 0 aromatic heterocycles. The molecule has 0 aliphatic rings. The van der Waals surface area contributed by atoms with E-state index in [9.17, 15) is 83.1 Å². The van der Waals surface area contributed by atoms with Crippen molar-refractivity contribution in [3.05, 3.63) is 42.0 Å². The van der Waals surface area contributed by atoms with Crippen LogP contribution in [0.25, 0.3) is 10.8 Å². The summed E-state index contributed by atoms with van der Waals surface area (Å²) in [4.78, 5) is -0.242. The molecule has 0 unspecified atom stereocenters. The molecular formula is C23H20F17O3S2+. The molecule has 45 heavy (non-hydrogen) atoms. The van der Waals surface area contributed by atoms with Crippen molar-refractivity contribution in [2.75, 3.05) is 11.5 Å². The van der Waals surface area contributed by atoms with E-state index in [-0.39, 0.29) is 10.3 Å². The molecule has 0 aliphatic carbocycles. The van der Waals surface area contributed by atoms with Crippen LogP contribution in [0.3, 0.4) is 0 Å². The zero-order chi connectivity index (χ0) is 35.7. The zero-order valence-corrected chi connectivity index (χ0v) is 24.0. The number of benzene rings is 2. The molecule has 260 valence electrons. The molecule has 0 radical (unpaired) electrons. The zero-order valence-electron chi connectivity index (χ0n) is 22.4. The Hall–Kier alpha value is -2.23. The Labute approximate surface area is 244 Å². The first-order valence-corrected chi connectivity index (χ1v) is 15.2. The Morgan fingerprint density at radius 2 is 0.933 bits per heavy atom. The van der Waals surface area contributed by atoms with Crippen molar-refractivity contribution in [2.24, 2.45) is 0 Å². The molecule has 0 bridgehead atoms. The Balaban J connectivity index is 2.76. The molecule has 0 spiro atoms. The Kier molecular flexibility index (Phi) is 9.69. The fourth-order valence-corrected chi connectivity index (χ4v) is 9.39. The van der Waals surface area contributed by atoms with E-state index in [1.54, 1.807) is 0 Å². The maximum atomic E-state index is 14.8. The number of fused-ring (bicyclic) bond motifs is 1. The lowest BCUT2D eigenvalue weighted by molar-refractivity contribution is -0.458. The normalized spacial score (nSPS) is 15.9. The van der Waals surface area contributed by atoms with E-state index in [1.165, 1.54) is 37.3 Å². The van der Waals surface area contributed by atoms with Gasteiger partial charge >= 0.3 is 57.1 Å². The van der Waals surface area contributed by atoms with E-state index in [1.807, 2.05) is 0 Å². The number of alkyl halides is 17. The monoisotopic (exact) mass is 731 g/mol. The van der Waals surface area contributed by atoms with E-state index in [0.29, 0.717) is 10.9 Å². The minimum Gasteiger partial charge on any atom is -0.264 e. The van der Waals surface area contributed by atoms with Gasteiger partial charge in [-0.15, -0.1) is 8.42 Å². The number of rotatable bonds is 12. The summed E-state index contributed by atoms with van der Waals surface area (Å²) in [6.07, 6.45) is -7.90. The van der Waals surface area contributed by atoms with Crippen LogP contribution in [-0.4, -0.2) is 70.5 Å². The van der Waals surface area contributed by atoms with Crippen LogP contribution in [0.1, 0.15) is 19.4 Å². The van der Waals surface area contributed by atoms with E-state index in [4.69, 9.17) is 0 Å². The third kappa shape index (κ3) is 5.29. The van der Waals surface area contributed by atoms with Crippen molar-refractivity contribution in [1.82, 2.24) is 0 Å². The average Bonchev–Trinajstić information content (AvgIpc) is 2.90. The van der Waals surface area contributed by atoms with Crippen molar-refractivity contribution in [3.8, 4) is 0 Å². The van der Waals surface area contributed by atoms with Crippen LogP contribution in [0.4, 0.5) is 74.6 Å². The maximum Gasteiger partial charge on any atom is 0.486 e. The minimum absolute atomic E-state index is 0.0783. The van der Waals surface area contributed by atoms with Gasteiger partial charge in [-0.05, 0) is 23.9 Å². The van der Waals surface area contributed by atoms with Crippen LogP contribution < -0.4 is 0 Å². The molecule has 1 N–H and O–H groups in total. The highest BCUT2D eigenvalue weighted by Gasteiger charge is 2.97. The average molecular weight is 732 g/mol. The van der Waals surface area contributed by atoms with Crippen molar-refractivity contribution in [1.29, 1.82) is 0 Å². The van der Waals surface area contributed by atoms with Gasteiger partial charge in [0.1, 0.15) is 0 Å². The molecule has 3 nitrogen and oxygen atoms in total. The first-order valence-electron chi connectivity index (χ1n) is 11.8. The molecule has 0 fully saturated rings. The molecule has 22 heteroatoms. The van der Waals surface area contributed by atoms with Crippen LogP contribution in [0.5, 0.6) is 0 Å². The van der Waals surface area contributed by atoms with Gasteiger partial charge in [-0.1, -0.05) is 44.2 Å². The van der Waals surface area contributed by atoms with Crippen LogP contribution in [0.2, 0.25) is 0 Å². The number of aryl methyl sites for hydroxylation is 1. The second kappa shape index (κ2) is 11.2. The highest BCUT2D eigenvalue weighted by Crippen LogP contribution is 2.66. The standard InChI is InChI=1S/C23H19F17O3S2/c1-4-44(5-2,15-11-10-12(3)13-8-6-7-9-14(13)15)43-45(41,42)23(39,40)21(34,35)19(30,31)17(26,27)16(24,25)18(28,29)20(32,33)22(36,37)38/h6-11H,4-5H2,1-3H3/p+1. The van der Waals surface area contributed by atoms with Gasteiger partial charge in [0, 0.05) is 27.2 Å². The lowest BCUT2D eigenvalue weighted by Crippen LogP contribution is -2.75. The Bertz CT molecular complexity index is 1510. The van der Waals surface area contributed by atoms with Gasteiger partial charge in [-0.2, -0.15) is 74.6 Å². The lowest BCUT2D eigenvalue weighted by Gasteiger charge is -2.42. The van der Waals surface area contributed by atoms with Crippen molar-refractivity contribution < 1.29 is 86.7 Å². The fourth-order valence-electron chi connectivity index (χ4n) is 3.96. The highest BCUT2D eigenvalue weighted by atomic mass is 32.3. The lowest BCUT2D eigenvalue weighted by atomic mass is 9.91. The first-order chi connectivity index (χ1) is 19.8. The van der Waals surface area contributed by atoms with E-state index in [0.717, 1.165) is 19.9 Å². The van der Waals surface area contributed by atoms with Crippen molar-refractivity contribution in [2.45, 2.75) is 72.6 Å². The van der Waals surface area contributed by atoms with Crippen molar-refractivity contribution in [3.63, 3.8) is 0 Å². The molecule has 0 saturated carbocycles. The molecule has 0 saturated heterocycles. The fraction of sp³-hybridized carbons (Fsp3) is 0.565. The summed E-state index contributed by atoms with van der Waals surface area (Å²) in [5.74, 6) is -53.2. The Morgan fingerprint density at radius 1 is 0.556 bits per heavy atom. The highest BCUT2D eigenvalue weighted by molar-refractivity contribution is 8.32. The number of halogens is 17. The van der Waals surface area contributed by atoms with Gasteiger partial charge in [-0.3, -0.25) is 3.63 Å². The summed E-state index contributed by atoms with van der Waals surface area (Å²) in [6.45, 7) is 3.65. The van der Waals surface area contributed by atoms with Gasteiger partial charge in [0.25, 0.3) is 0 Å². The molecule has 0 aliphatic heterocycles. The van der Waals surface area contributed by atoms with E-state index in [2.05, 4.69) is 3.63 Å². The second-order valence-corrected chi connectivity index (χ2v) is 14.7. The molecule has 0 heterocycles. The van der Waals surface area contributed by atoms with Gasteiger partial charge in [-0.25, -0.2) is 0 Å². The smallest absolute Gasteiger partial charge is 0.264 e. The third-order valence-electron chi connectivity index (χ3n) is 6.72. The summed E-state index contributed by atoms with van der Waals surface area (Å²) in [5.41, 5.74) is 0.491. The molecule has 2 rings (SSSR count). The van der Waals surface area contributed by atoms with E-state index < -0.39 is 78.9 Å². The molecule has 2 aromatic carbocycles. The van der Waals surface area contributed by atoms with Gasteiger partial charge < -0.3 is 0 Å². The number of hydrogen-bond acceptors (Lipinski definition) is 2. The molecule has 0 atom stereocenters. The maximum absolute atomic E-state index is 14.8. The Morgan fingerprint density at radius 3 is 1.33 bits per heavy atom. The predicted octanol–water partition coefficient (Wildman–Crippen LogP) is 9.66. The van der Waals surface area contributed by atoms with Crippen LogP contribution in [0, 0.1) is 6.92 Å². The quantitative estimate of drug-likeness (QED) is 0.124. The summed E-state index contributed by atoms with van der Waals surface area (Å²) in [6, 6.07) is 7.91. The van der Waals surface area contributed by atoms with Crippen molar-refractivity contribution >= 4 is 31.2 Å². The number of hydrogen-bond donors (Lipinski definition) is 0. The topological polar surface area (TPSA) is 46.9 Å². The second-order valence-electron chi connectivity index (χ2n) is 9.36. The SMILES string of the molecule is CCS(CC)([OH+]S(=O)(=O)C(F)(F)C(F)(F)C(F)(F)C(F)(F)C(F)(F)C(F)(F)C(F)(F)C(F)(F)F)c1ccc(C)c2ccccc12. The summed E-state index contributed by atoms with van der Waals surface area (Å²) < 4.78 is 260. The summed E-state index contributed by atoms with van der Waals surface area (Å²) >= 11 is 0. The third-order valence-corrected chi connectivity index (χ3v) is 12.6. The molecule has 0 amide bonds. The van der Waals surface area contributed by atoms with Gasteiger partial charge in [0.2, 0.25) is 0 Å². The van der Waals surface area contributed by atoms with Gasteiger partial charge in [0.05, 0.1) is 4.90 Å². The molecular weight excluding hydrogens is 711 g/mol. The summed E-state index contributed by atoms with van der Waals surface area (Å²) in [5, 5.41) is -7.29.